The highest BCUT2D eigenvalue weighted by Crippen LogP contribution is 2.13. The summed E-state index contributed by atoms with van der Waals surface area (Å²) >= 11 is 5.55. The Morgan fingerprint density at radius 3 is 2.80 bits per heavy atom. The van der Waals surface area contributed by atoms with Crippen LogP contribution in [-0.2, 0) is 11.4 Å². The zero-order chi connectivity index (χ0) is 13.9. The minimum atomic E-state index is 0.748. The number of rotatable bonds is 3. The van der Waals surface area contributed by atoms with E-state index in [0.29, 0.717) is 0 Å². The van der Waals surface area contributed by atoms with Crippen LogP contribution in [0, 0.1) is 11.7 Å². The average molecular weight is 291 g/mol. The predicted octanol–water partition coefficient (Wildman–Crippen LogP) is 0.584. The number of morpholine rings is 1. The third kappa shape index (κ3) is 2.67. The van der Waals surface area contributed by atoms with Gasteiger partial charge >= 0.3 is 0 Å². The molecule has 2 aromatic rings. The van der Waals surface area contributed by atoms with E-state index in [-0.39, 0.29) is 0 Å². The lowest BCUT2D eigenvalue weighted by Crippen LogP contribution is -3.13. The monoisotopic (exact) mass is 291 g/mol. The Labute approximate surface area is 123 Å². The lowest BCUT2D eigenvalue weighted by molar-refractivity contribution is -0.930. The second-order valence-electron chi connectivity index (χ2n) is 5.09. The van der Waals surface area contributed by atoms with Crippen molar-refractivity contribution in [3.8, 4) is 5.69 Å². The summed E-state index contributed by atoms with van der Waals surface area (Å²) < 4.78 is 10.0. The van der Waals surface area contributed by atoms with Gasteiger partial charge < -0.3 is 9.64 Å². The van der Waals surface area contributed by atoms with Gasteiger partial charge in [-0.05, 0) is 30.8 Å². The number of hydrogen-bond donors (Lipinski definition) is 1. The fraction of sp³-hybridized carbons (Fsp3) is 0.429. The summed E-state index contributed by atoms with van der Waals surface area (Å²) in [5.41, 5.74) is 2.29. The Hall–Kier alpha value is -1.50. The van der Waals surface area contributed by atoms with Crippen molar-refractivity contribution in [2.75, 3.05) is 26.3 Å². The SMILES string of the molecule is Cc1ccccc1-n1cnn(C[NH+]2CCOCC2)c1=S. The van der Waals surface area contributed by atoms with Gasteiger partial charge in [0.2, 0.25) is 4.77 Å². The summed E-state index contributed by atoms with van der Waals surface area (Å²) in [6.45, 7) is 6.56. The fourth-order valence-corrected chi connectivity index (χ4v) is 2.73. The van der Waals surface area contributed by atoms with Crippen LogP contribution in [-0.4, -0.2) is 40.7 Å². The number of benzene rings is 1. The van der Waals surface area contributed by atoms with Crippen LogP contribution in [0.15, 0.2) is 30.6 Å². The van der Waals surface area contributed by atoms with Gasteiger partial charge in [0, 0.05) is 0 Å². The summed E-state index contributed by atoms with van der Waals surface area (Å²) in [7, 11) is 0. The minimum Gasteiger partial charge on any atom is -0.370 e. The van der Waals surface area contributed by atoms with Crippen molar-refractivity contribution in [1.82, 2.24) is 14.3 Å². The lowest BCUT2D eigenvalue weighted by Gasteiger charge is -2.23. The number of aryl methyl sites for hydroxylation is 1. The van der Waals surface area contributed by atoms with Crippen molar-refractivity contribution in [2.45, 2.75) is 13.6 Å². The quantitative estimate of drug-likeness (QED) is 0.841. The molecular formula is C14H19N4OS+. The van der Waals surface area contributed by atoms with Crippen LogP contribution < -0.4 is 4.90 Å². The molecule has 0 aliphatic carbocycles. The number of para-hydroxylation sites is 1. The number of hydrogen-bond acceptors (Lipinski definition) is 3. The Morgan fingerprint density at radius 2 is 2.05 bits per heavy atom. The standard InChI is InChI=1S/C14H18N4OS/c1-12-4-2-3-5-13(12)17-10-15-18(14(17)20)11-16-6-8-19-9-7-16/h2-5,10H,6-9,11H2,1H3/p+1. The van der Waals surface area contributed by atoms with E-state index in [1.54, 1.807) is 0 Å². The molecule has 0 radical (unpaired) electrons. The van der Waals surface area contributed by atoms with Crippen LogP contribution >= 0.6 is 12.2 Å². The van der Waals surface area contributed by atoms with Crippen molar-refractivity contribution in [3.63, 3.8) is 0 Å². The summed E-state index contributed by atoms with van der Waals surface area (Å²) in [6, 6.07) is 8.21. The van der Waals surface area contributed by atoms with Crippen molar-refractivity contribution < 1.29 is 9.64 Å². The smallest absolute Gasteiger partial charge is 0.207 e. The zero-order valence-corrected chi connectivity index (χ0v) is 12.4. The van der Waals surface area contributed by atoms with E-state index in [1.165, 1.54) is 10.5 Å². The molecule has 0 amide bonds. The molecule has 1 aromatic carbocycles. The number of nitrogens with one attached hydrogen (secondary N) is 1. The maximum Gasteiger partial charge on any atom is 0.207 e. The first kappa shape index (κ1) is 13.5. The molecule has 6 heteroatoms. The van der Waals surface area contributed by atoms with E-state index in [4.69, 9.17) is 17.0 Å². The van der Waals surface area contributed by atoms with E-state index in [1.807, 2.05) is 27.7 Å². The molecule has 1 N–H and O–H groups in total. The first-order valence-corrected chi connectivity index (χ1v) is 7.28. The van der Waals surface area contributed by atoms with E-state index in [2.05, 4.69) is 24.2 Å². The molecule has 106 valence electrons. The molecule has 20 heavy (non-hydrogen) atoms. The normalized spacial score (nSPS) is 16.4. The fourth-order valence-electron chi connectivity index (χ4n) is 2.47. The third-order valence-electron chi connectivity index (χ3n) is 3.68. The number of aromatic nitrogens is 3. The maximum atomic E-state index is 5.55. The minimum absolute atomic E-state index is 0.748. The van der Waals surface area contributed by atoms with E-state index in [9.17, 15) is 0 Å². The Bertz CT molecular complexity index is 643. The first-order chi connectivity index (χ1) is 9.75. The summed E-state index contributed by atoms with van der Waals surface area (Å²) in [4.78, 5) is 1.46. The van der Waals surface area contributed by atoms with Gasteiger partial charge in [-0.2, -0.15) is 9.78 Å². The molecule has 2 heterocycles. The van der Waals surface area contributed by atoms with Gasteiger partial charge in [0.1, 0.15) is 19.4 Å². The van der Waals surface area contributed by atoms with E-state index < -0.39 is 0 Å². The summed E-state index contributed by atoms with van der Waals surface area (Å²) in [6.07, 6.45) is 1.81. The van der Waals surface area contributed by atoms with E-state index in [0.717, 1.165) is 43.4 Å². The van der Waals surface area contributed by atoms with Crippen molar-refractivity contribution in [3.05, 3.63) is 40.9 Å². The molecular weight excluding hydrogens is 272 g/mol. The molecule has 5 nitrogen and oxygen atoms in total. The Morgan fingerprint density at radius 1 is 1.30 bits per heavy atom. The zero-order valence-electron chi connectivity index (χ0n) is 11.6. The second-order valence-corrected chi connectivity index (χ2v) is 5.46. The van der Waals surface area contributed by atoms with Gasteiger partial charge in [-0.15, -0.1) is 0 Å². The molecule has 0 unspecified atom stereocenters. The van der Waals surface area contributed by atoms with Crippen molar-refractivity contribution in [1.29, 1.82) is 0 Å². The number of nitrogens with zero attached hydrogens (tertiary/aromatic N) is 3. The maximum absolute atomic E-state index is 5.55. The van der Waals surface area contributed by atoms with Crippen LogP contribution in [0.5, 0.6) is 0 Å². The first-order valence-electron chi connectivity index (χ1n) is 6.87. The van der Waals surface area contributed by atoms with Crippen molar-refractivity contribution >= 4 is 12.2 Å². The molecule has 1 saturated heterocycles. The molecule has 0 spiro atoms. The van der Waals surface area contributed by atoms with Gasteiger partial charge in [0.05, 0.1) is 18.9 Å². The largest absolute Gasteiger partial charge is 0.370 e. The highest BCUT2D eigenvalue weighted by Gasteiger charge is 2.16. The molecule has 0 bridgehead atoms. The molecule has 1 aromatic heterocycles. The van der Waals surface area contributed by atoms with Gasteiger partial charge in [-0.25, -0.2) is 0 Å². The van der Waals surface area contributed by atoms with Gasteiger partial charge in [-0.1, -0.05) is 18.2 Å². The molecule has 1 fully saturated rings. The molecule has 3 rings (SSSR count). The molecule has 0 saturated carbocycles. The highest BCUT2D eigenvalue weighted by molar-refractivity contribution is 7.71. The van der Waals surface area contributed by atoms with Gasteiger partial charge in [0.15, 0.2) is 6.67 Å². The molecule has 1 aliphatic rings. The number of ether oxygens (including phenoxy) is 1. The van der Waals surface area contributed by atoms with Crippen LogP contribution in [0.4, 0.5) is 0 Å². The van der Waals surface area contributed by atoms with Crippen molar-refractivity contribution in [2.24, 2.45) is 0 Å². The van der Waals surface area contributed by atoms with E-state index >= 15 is 0 Å². The predicted molar refractivity (Wildman–Crippen MR) is 78.6 cm³/mol. The Balaban J connectivity index is 1.85. The summed E-state index contributed by atoms with van der Waals surface area (Å²) in [5.74, 6) is 0. The lowest BCUT2D eigenvalue weighted by atomic mass is 10.2. The van der Waals surface area contributed by atoms with Crippen LogP contribution in [0.25, 0.3) is 5.69 Å². The average Bonchev–Trinajstić information content (AvgIpc) is 2.82. The summed E-state index contributed by atoms with van der Waals surface area (Å²) in [5, 5.41) is 4.44. The third-order valence-corrected chi connectivity index (χ3v) is 4.09. The van der Waals surface area contributed by atoms with Gasteiger partial charge in [0.25, 0.3) is 0 Å². The van der Waals surface area contributed by atoms with Crippen LogP contribution in [0.3, 0.4) is 0 Å². The van der Waals surface area contributed by atoms with Crippen LogP contribution in [0.2, 0.25) is 0 Å². The molecule has 0 atom stereocenters. The highest BCUT2D eigenvalue weighted by atomic mass is 32.1. The Kier molecular flexibility index (Phi) is 3.95. The number of quaternary nitrogens is 1. The van der Waals surface area contributed by atoms with Gasteiger partial charge in [-0.3, -0.25) is 4.57 Å². The molecule has 1 aliphatic heterocycles. The van der Waals surface area contributed by atoms with Crippen LogP contribution in [0.1, 0.15) is 5.56 Å². The second kappa shape index (κ2) is 5.87. The topological polar surface area (TPSA) is 36.4 Å².